The Hall–Kier alpha value is -1.18. The third-order valence-corrected chi connectivity index (χ3v) is 8.56. The number of nitrogens with two attached hydrogens (primary N) is 2. The Bertz CT molecular complexity index is 855. The normalized spacial score (nSPS) is 11.4. The van der Waals surface area contributed by atoms with Crippen molar-refractivity contribution in [2.24, 2.45) is 11.5 Å². The molecule has 0 unspecified atom stereocenters. The van der Waals surface area contributed by atoms with Crippen LogP contribution in [0.25, 0.3) is 0 Å². The summed E-state index contributed by atoms with van der Waals surface area (Å²) in [5, 5.41) is 26.2. The van der Waals surface area contributed by atoms with Gasteiger partial charge < -0.3 is 41.9 Å². The Morgan fingerprint density at radius 2 is 0.635 bits per heavy atom. The first-order valence-electron chi connectivity index (χ1n) is 19.5. The molecule has 52 heavy (non-hydrogen) atoms. The number of hydrogen-bond donors (Lipinski definition) is 4. The van der Waals surface area contributed by atoms with Gasteiger partial charge in [-0.15, -0.1) is 0 Å². The maximum atomic E-state index is 11.7. The van der Waals surface area contributed by atoms with Crippen molar-refractivity contribution in [1.82, 2.24) is 10.6 Å². The Morgan fingerprint density at radius 3 is 0.827 bits per heavy atom. The molecule has 0 radical (unpaired) electrons. The van der Waals surface area contributed by atoms with Gasteiger partial charge in [-0.25, -0.2) is 0 Å². The molecule has 0 rings (SSSR count). The number of hydrogen-bond acceptors (Lipinski definition) is 8. The number of amides is 4. The average molecular weight is 757 g/mol. The molecule has 292 valence electrons. The van der Waals surface area contributed by atoms with Gasteiger partial charge in [-0.05, 0) is 12.8 Å². The smallest absolute Gasteiger partial charge is 0.548 e. The molecule has 12 nitrogen and oxygen atoms in total. The van der Waals surface area contributed by atoms with Crippen molar-refractivity contribution >= 4 is 35.6 Å². The van der Waals surface area contributed by atoms with E-state index in [2.05, 4.69) is 24.5 Å². The average Bonchev–Trinajstić information content (AvgIpc) is 3.05. The molecule has 0 saturated heterocycles. The van der Waals surface area contributed by atoms with E-state index in [9.17, 15) is 39.0 Å². The number of carboxylic acids is 2. The molecule has 0 aromatic carbocycles. The largest absolute Gasteiger partial charge is 1.00 e. The maximum Gasteiger partial charge on any atom is 1.00 e. The van der Waals surface area contributed by atoms with E-state index in [1.54, 1.807) is 0 Å². The van der Waals surface area contributed by atoms with Crippen molar-refractivity contribution in [3.63, 3.8) is 0 Å². The Morgan fingerprint density at radius 1 is 0.423 bits per heavy atom. The van der Waals surface area contributed by atoms with E-state index in [0.29, 0.717) is 0 Å². The van der Waals surface area contributed by atoms with Gasteiger partial charge in [-0.2, -0.15) is 0 Å². The van der Waals surface area contributed by atoms with Crippen LogP contribution < -0.4 is 91.4 Å². The van der Waals surface area contributed by atoms with E-state index in [1.165, 1.54) is 116 Å². The van der Waals surface area contributed by atoms with Crippen molar-refractivity contribution in [2.45, 2.75) is 206 Å². The van der Waals surface area contributed by atoms with Crippen molar-refractivity contribution in [1.29, 1.82) is 0 Å². The topological polar surface area (TPSA) is 225 Å². The summed E-state index contributed by atoms with van der Waals surface area (Å²) in [7, 11) is 0. The van der Waals surface area contributed by atoms with Gasteiger partial charge in [0, 0.05) is 12.8 Å². The summed E-state index contributed by atoms with van der Waals surface area (Å²) in [4.78, 5) is 66.5. The SMILES string of the molecule is CCCCCCCCCCCCCCC(=O)N[C@@H](CC(N)=O)C(=O)[O-].CCCCCCCCCCCCCCC(=O)N[C@@H](CC(N)=O)C(=O)[O-].[Na+].[Na+]. The molecule has 14 heteroatoms. The molecule has 6 N–H and O–H groups in total. The van der Waals surface area contributed by atoms with Crippen LogP contribution in [0, 0.1) is 0 Å². The maximum absolute atomic E-state index is 11.7. The molecule has 0 aliphatic heterocycles. The van der Waals surface area contributed by atoms with Crippen molar-refractivity contribution in [2.75, 3.05) is 0 Å². The number of unbranched alkanes of at least 4 members (excludes halogenated alkanes) is 22. The van der Waals surface area contributed by atoms with Crippen LogP contribution in [0.2, 0.25) is 0 Å². The monoisotopic (exact) mass is 756 g/mol. The number of carbonyl (C=O) groups is 6. The van der Waals surface area contributed by atoms with Crippen LogP contribution in [-0.2, 0) is 28.8 Å². The first kappa shape index (κ1) is 57.5. The minimum absolute atomic E-state index is 0. The first-order valence-corrected chi connectivity index (χ1v) is 19.5. The third kappa shape index (κ3) is 43.2. The van der Waals surface area contributed by atoms with Crippen LogP contribution in [0.15, 0.2) is 0 Å². The third-order valence-electron chi connectivity index (χ3n) is 8.56. The van der Waals surface area contributed by atoms with Crippen molar-refractivity contribution in [3.8, 4) is 0 Å². The Kier molecular flexibility index (Phi) is 47.1. The first-order chi connectivity index (χ1) is 23.9. The van der Waals surface area contributed by atoms with Gasteiger partial charge in [-0.1, -0.05) is 155 Å². The van der Waals surface area contributed by atoms with Crippen LogP contribution >= 0.6 is 0 Å². The van der Waals surface area contributed by atoms with Crippen LogP contribution in [0.1, 0.15) is 194 Å². The number of nitrogens with one attached hydrogen (secondary N) is 2. The van der Waals surface area contributed by atoms with Gasteiger partial charge in [-0.3, -0.25) is 19.2 Å². The zero-order chi connectivity index (χ0) is 37.8. The number of rotatable bonds is 34. The zero-order valence-corrected chi connectivity index (χ0v) is 37.4. The molecule has 0 spiro atoms. The molecule has 4 amide bonds. The number of carboxylic acid groups (broad SMARTS) is 2. The molecule has 0 saturated carbocycles. The van der Waals surface area contributed by atoms with E-state index < -0.39 is 48.7 Å². The predicted octanol–water partition coefficient (Wildman–Crippen LogP) is -1.62. The number of primary amides is 2. The van der Waals surface area contributed by atoms with E-state index in [4.69, 9.17) is 11.5 Å². The van der Waals surface area contributed by atoms with Gasteiger partial charge in [0.05, 0.1) is 36.9 Å². The van der Waals surface area contributed by atoms with Crippen molar-refractivity contribution < 1.29 is 98.1 Å². The predicted molar refractivity (Wildman–Crippen MR) is 193 cm³/mol. The van der Waals surface area contributed by atoms with Gasteiger partial charge in [0.2, 0.25) is 23.6 Å². The number of carbonyl (C=O) groups excluding carboxylic acids is 6. The summed E-state index contributed by atoms with van der Waals surface area (Å²) in [5.41, 5.74) is 9.89. The van der Waals surface area contributed by atoms with Crippen molar-refractivity contribution in [3.05, 3.63) is 0 Å². The summed E-state index contributed by atoms with van der Waals surface area (Å²) >= 11 is 0. The minimum Gasteiger partial charge on any atom is -0.548 e. The molecule has 0 fully saturated rings. The van der Waals surface area contributed by atoms with Gasteiger partial charge in [0.1, 0.15) is 0 Å². The second kappa shape index (κ2) is 42.6. The van der Waals surface area contributed by atoms with E-state index in [0.717, 1.165) is 38.5 Å². The second-order valence-corrected chi connectivity index (χ2v) is 13.5. The van der Waals surface area contributed by atoms with E-state index >= 15 is 0 Å². The standard InChI is InChI=1S/2C19H36N2O4.2Na/c2*1-2-3-4-5-6-7-8-9-10-11-12-13-14-18(23)21-16(19(24)25)15-17(20)22;;/h2*16H,2-15H2,1H3,(H2,20,22)(H,21,23)(H,24,25);;/q;;2*+1/p-2/t2*16-;;/m00../s1. The quantitative estimate of drug-likeness (QED) is 0.0440. The molecular formula is C38H70N4Na2O8. The molecule has 0 aromatic rings. The molecule has 2 atom stereocenters. The fourth-order valence-corrected chi connectivity index (χ4v) is 5.58. The van der Waals surface area contributed by atoms with Crippen LogP contribution in [0.5, 0.6) is 0 Å². The molecule has 0 aliphatic carbocycles. The minimum atomic E-state index is -1.48. The summed E-state index contributed by atoms with van der Waals surface area (Å²) in [6, 6.07) is -2.66. The molecule has 0 heterocycles. The van der Waals surface area contributed by atoms with Crippen LogP contribution in [0.4, 0.5) is 0 Å². The van der Waals surface area contributed by atoms with Crippen LogP contribution in [-0.4, -0.2) is 47.7 Å². The molecule has 0 aromatic heterocycles. The number of aliphatic carboxylic acids is 2. The fraction of sp³-hybridized carbons (Fsp3) is 0.842. The molecule has 0 bridgehead atoms. The van der Waals surface area contributed by atoms with Gasteiger partial charge in [0.25, 0.3) is 0 Å². The molecular weight excluding hydrogens is 686 g/mol. The van der Waals surface area contributed by atoms with E-state index in [-0.39, 0.29) is 83.8 Å². The summed E-state index contributed by atoms with van der Waals surface area (Å²) in [6.07, 6.45) is 28.6. The summed E-state index contributed by atoms with van der Waals surface area (Å²) in [5.74, 6) is -5.27. The molecule has 0 aliphatic rings. The van der Waals surface area contributed by atoms with Gasteiger partial charge in [0.15, 0.2) is 0 Å². The second-order valence-electron chi connectivity index (χ2n) is 13.5. The van der Waals surface area contributed by atoms with E-state index in [1.807, 2.05) is 0 Å². The van der Waals surface area contributed by atoms with Gasteiger partial charge >= 0.3 is 59.1 Å². The fourth-order valence-electron chi connectivity index (χ4n) is 5.58. The Balaban J connectivity index is -0.000000427. The zero-order valence-electron chi connectivity index (χ0n) is 33.4. The Labute approximate surface area is 358 Å². The van der Waals surface area contributed by atoms with Crippen LogP contribution in [0.3, 0.4) is 0 Å². The summed E-state index contributed by atoms with van der Waals surface area (Å²) in [6.45, 7) is 4.46. The summed E-state index contributed by atoms with van der Waals surface area (Å²) < 4.78 is 0.